The monoisotopic (exact) mass is 478 g/mol. The van der Waals surface area contributed by atoms with E-state index in [4.69, 9.17) is 9.47 Å². The van der Waals surface area contributed by atoms with E-state index in [9.17, 15) is 24.3 Å². The number of aromatic nitrogens is 4. The van der Waals surface area contributed by atoms with Crippen molar-refractivity contribution in [2.45, 2.75) is 18.9 Å². The van der Waals surface area contributed by atoms with Gasteiger partial charge in [-0.2, -0.15) is 0 Å². The molecule has 0 amide bonds. The van der Waals surface area contributed by atoms with Crippen molar-refractivity contribution < 1.29 is 19.4 Å². The summed E-state index contributed by atoms with van der Waals surface area (Å²) in [5.74, 6) is 0.167. The highest BCUT2D eigenvalue weighted by Gasteiger charge is 2.29. The maximum atomic E-state index is 13.7. The van der Waals surface area contributed by atoms with Gasteiger partial charge in [-0.1, -0.05) is 6.07 Å². The molecule has 0 spiro atoms. The first kappa shape index (κ1) is 22.3. The normalized spacial score (nSPS) is 14.8. The molecule has 5 rings (SSSR count). The Kier molecular flexibility index (Phi) is 5.12. The number of imidazole rings is 1. The molecule has 2 aromatic heterocycles. The fourth-order valence-corrected chi connectivity index (χ4v) is 4.78. The molecule has 0 bridgehead atoms. The van der Waals surface area contributed by atoms with E-state index in [-0.39, 0.29) is 5.69 Å². The van der Waals surface area contributed by atoms with E-state index in [0.717, 1.165) is 26.5 Å². The molecule has 1 unspecified atom stereocenters. The van der Waals surface area contributed by atoms with Gasteiger partial charge in [0.25, 0.3) is 5.56 Å². The van der Waals surface area contributed by atoms with E-state index in [0.29, 0.717) is 35.3 Å². The minimum Gasteiger partial charge on any atom is -0.497 e. The zero-order valence-electron chi connectivity index (χ0n) is 19.2. The SMILES string of the molecule is COc1ccc2c(c1)CCC2n1c(=O)c(OC(=O)O)cn(-c2ccc3c(c2)n(C)c(=O)n3C)c1=O. The summed E-state index contributed by atoms with van der Waals surface area (Å²) >= 11 is 0. The number of rotatable bonds is 4. The summed E-state index contributed by atoms with van der Waals surface area (Å²) in [5.41, 5.74) is 1.57. The molecule has 180 valence electrons. The van der Waals surface area contributed by atoms with Crippen molar-refractivity contribution in [1.82, 2.24) is 18.3 Å². The van der Waals surface area contributed by atoms with Crippen molar-refractivity contribution in [3.05, 3.63) is 85.0 Å². The molecule has 0 saturated heterocycles. The predicted octanol–water partition coefficient (Wildman–Crippen LogP) is 1.79. The molecule has 0 fully saturated rings. The van der Waals surface area contributed by atoms with Crippen molar-refractivity contribution in [3.63, 3.8) is 0 Å². The lowest BCUT2D eigenvalue weighted by molar-refractivity contribution is 0.143. The van der Waals surface area contributed by atoms with Crippen molar-refractivity contribution in [2.75, 3.05) is 7.11 Å². The van der Waals surface area contributed by atoms with Crippen molar-refractivity contribution in [2.24, 2.45) is 14.1 Å². The standard InChI is InChI=1S/C24H22N4O7/c1-25-18-9-5-14(11-19(18)26(2)22(25)30)27-12-20(35-24(32)33)21(29)28(23(27)31)17-8-4-13-10-15(34-3)6-7-16(13)17/h5-7,9-12,17H,4,8H2,1-3H3,(H,32,33). The van der Waals surface area contributed by atoms with E-state index in [1.165, 1.54) is 9.13 Å². The minimum absolute atomic E-state index is 0.234. The molecule has 1 N–H and O–H groups in total. The van der Waals surface area contributed by atoms with Gasteiger partial charge in [0.2, 0.25) is 5.75 Å². The molecule has 2 aromatic carbocycles. The summed E-state index contributed by atoms with van der Waals surface area (Å²) < 4.78 is 15.2. The van der Waals surface area contributed by atoms with Gasteiger partial charge >= 0.3 is 17.5 Å². The van der Waals surface area contributed by atoms with Gasteiger partial charge in [0.1, 0.15) is 5.75 Å². The molecule has 11 nitrogen and oxygen atoms in total. The van der Waals surface area contributed by atoms with Crippen LogP contribution in [0.15, 0.2) is 57.0 Å². The third-order valence-electron chi connectivity index (χ3n) is 6.53. The lowest BCUT2D eigenvalue weighted by Crippen LogP contribution is -2.42. The van der Waals surface area contributed by atoms with Gasteiger partial charge in [0.15, 0.2) is 0 Å². The number of hydrogen-bond acceptors (Lipinski definition) is 6. The van der Waals surface area contributed by atoms with E-state index < -0.39 is 29.2 Å². The topological polar surface area (TPSA) is 127 Å². The molecular formula is C24H22N4O7. The largest absolute Gasteiger partial charge is 0.511 e. The van der Waals surface area contributed by atoms with Crippen LogP contribution >= 0.6 is 0 Å². The molecule has 1 aliphatic carbocycles. The molecule has 35 heavy (non-hydrogen) atoms. The van der Waals surface area contributed by atoms with Crippen LogP contribution in [0.2, 0.25) is 0 Å². The van der Waals surface area contributed by atoms with E-state index >= 15 is 0 Å². The smallest absolute Gasteiger partial charge is 0.497 e. The van der Waals surface area contributed by atoms with Gasteiger partial charge in [-0.05, 0) is 54.3 Å². The minimum atomic E-state index is -1.67. The van der Waals surface area contributed by atoms with Crippen molar-refractivity contribution in [3.8, 4) is 17.2 Å². The van der Waals surface area contributed by atoms with Gasteiger partial charge in [-0.25, -0.2) is 19.0 Å². The zero-order chi connectivity index (χ0) is 25.0. The molecule has 11 heteroatoms. The van der Waals surface area contributed by atoms with Crippen LogP contribution in [0.5, 0.6) is 11.5 Å². The third-order valence-corrected chi connectivity index (χ3v) is 6.53. The van der Waals surface area contributed by atoms with Gasteiger partial charge in [0.05, 0.1) is 36.1 Å². The Morgan fingerprint density at radius 3 is 2.46 bits per heavy atom. The summed E-state index contributed by atoms with van der Waals surface area (Å²) in [6, 6.07) is 9.74. The Morgan fingerprint density at radius 2 is 1.74 bits per heavy atom. The van der Waals surface area contributed by atoms with E-state index in [2.05, 4.69) is 0 Å². The molecule has 2 heterocycles. The molecule has 1 atom stereocenters. The summed E-state index contributed by atoms with van der Waals surface area (Å²) in [5, 5.41) is 9.19. The number of aryl methyl sites for hydroxylation is 3. The Balaban J connectivity index is 1.75. The fourth-order valence-electron chi connectivity index (χ4n) is 4.78. The zero-order valence-corrected chi connectivity index (χ0v) is 19.2. The first-order valence-corrected chi connectivity index (χ1v) is 10.8. The van der Waals surface area contributed by atoms with Crippen LogP contribution in [0, 0.1) is 0 Å². The summed E-state index contributed by atoms with van der Waals surface area (Å²) in [4.78, 5) is 50.5. The molecule has 0 saturated carbocycles. The van der Waals surface area contributed by atoms with Crippen LogP contribution in [0.25, 0.3) is 16.7 Å². The highest BCUT2D eigenvalue weighted by Crippen LogP contribution is 2.35. The van der Waals surface area contributed by atoms with Crippen LogP contribution in [-0.4, -0.2) is 36.6 Å². The van der Waals surface area contributed by atoms with Crippen LogP contribution in [0.1, 0.15) is 23.6 Å². The van der Waals surface area contributed by atoms with Crippen LogP contribution in [-0.2, 0) is 20.5 Å². The average molecular weight is 478 g/mol. The second kappa shape index (κ2) is 8.05. The quantitative estimate of drug-likeness (QED) is 0.443. The highest BCUT2D eigenvalue weighted by molar-refractivity contribution is 5.78. The maximum Gasteiger partial charge on any atom is 0.511 e. The number of carbonyl (C=O) groups is 1. The second-order valence-electron chi connectivity index (χ2n) is 8.38. The number of hydrogen-bond donors (Lipinski definition) is 1. The molecule has 4 aromatic rings. The van der Waals surface area contributed by atoms with Crippen LogP contribution in [0.3, 0.4) is 0 Å². The van der Waals surface area contributed by atoms with Crippen molar-refractivity contribution >= 4 is 17.2 Å². The summed E-state index contributed by atoms with van der Waals surface area (Å²) in [6.07, 6.45) is 0.490. The Hall–Kier alpha value is -4.54. The van der Waals surface area contributed by atoms with Crippen molar-refractivity contribution in [1.29, 1.82) is 0 Å². The average Bonchev–Trinajstić information content (AvgIpc) is 3.35. The van der Waals surface area contributed by atoms with Crippen LogP contribution in [0.4, 0.5) is 4.79 Å². The van der Waals surface area contributed by atoms with Gasteiger partial charge in [-0.15, -0.1) is 0 Å². The Bertz CT molecular complexity index is 1690. The predicted molar refractivity (Wildman–Crippen MR) is 126 cm³/mol. The summed E-state index contributed by atoms with van der Waals surface area (Å²) in [7, 11) is 4.81. The number of methoxy groups -OCH3 is 1. The van der Waals surface area contributed by atoms with Gasteiger partial charge in [0, 0.05) is 14.1 Å². The molecule has 0 radical (unpaired) electrons. The molecule has 1 aliphatic rings. The lowest BCUT2D eigenvalue weighted by atomic mass is 10.1. The maximum absolute atomic E-state index is 13.7. The molecular weight excluding hydrogens is 456 g/mol. The second-order valence-corrected chi connectivity index (χ2v) is 8.38. The summed E-state index contributed by atoms with van der Waals surface area (Å²) in [6.45, 7) is 0. The Labute approximate surface area is 197 Å². The third kappa shape index (κ3) is 3.43. The number of ether oxygens (including phenoxy) is 2. The number of fused-ring (bicyclic) bond motifs is 2. The molecule has 0 aliphatic heterocycles. The van der Waals surface area contributed by atoms with E-state index in [1.807, 2.05) is 6.07 Å². The number of nitrogens with zero attached hydrogens (tertiary/aromatic N) is 4. The first-order chi connectivity index (χ1) is 16.7. The number of benzene rings is 2. The number of carboxylic acid groups (broad SMARTS) is 1. The van der Waals surface area contributed by atoms with Gasteiger partial charge < -0.3 is 14.6 Å². The Morgan fingerprint density at radius 1 is 1.00 bits per heavy atom. The lowest BCUT2D eigenvalue weighted by Gasteiger charge is -2.18. The van der Waals surface area contributed by atoms with Crippen LogP contribution < -0.4 is 26.4 Å². The first-order valence-electron chi connectivity index (χ1n) is 10.8. The highest BCUT2D eigenvalue weighted by atomic mass is 16.7. The van der Waals surface area contributed by atoms with E-state index in [1.54, 1.807) is 51.5 Å². The fraction of sp³-hybridized carbons (Fsp3) is 0.250. The van der Waals surface area contributed by atoms with Gasteiger partial charge in [-0.3, -0.25) is 18.5 Å².